The first-order valence-electron chi connectivity index (χ1n) is 9.74. The van der Waals surface area contributed by atoms with E-state index in [0.29, 0.717) is 19.0 Å². The number of rotatable bonds is 9. The molecular formula is C19H34N6O. The summed E-state index contributed by atoms with van der Waals surface area (Å²) >= 11 is 0. The third-order valence-electron chi connectivity index (χ3n) is 4.67. The number of guanidine groups is 1. The molecule has 146 valence electrons. The summed E-state index contributed by atoms with van der Waals surface area (Å²) in [5, 5.41) is 14.2. The molecule has 0 radical (unpaired) electrons. The molecular weight excluding hydrogens is 328 g/mol. The largest absolute Gasteiger partial charge is 0.357 e. The number of hydrogen-bond donors (Lipinski definition) is 3. The van der Waals surface area contributed by atoms with Crippen LogP contribution in [0.25, 0.3) is 0 Å². The SMILES string of the molecule is CCNC(=NCCCC(=O)NC1CC1)NC(C)Cc1c(C)nn(C)c1C. The monoisotopic (exact) mass is 362 g/mol. The first-order valence-corrected chi connectivity index (χ1v) is 9.74. The van der Waals surface area contributed by atoms with Crippen molar-refractivity contribution >= 4 is 11.9 Å². The Kier molecular flexibility index (Phi) is 7.48. The van der Waals surface area contributed by atoms with E-state index < -0.39 is 0 Å². The Hall–Kier alpha value is -2.05. The van der Waals surface area contributed by atoms with Crippen molar-refractivity contribution in [2.24, 2.45) is 12.0 Å². The molecule has 1 aliphatic rings. The Morgan fingerprint density at radius 1 is 1.38 bits per heavy atom. The molecule has 0 bridgehead atoms. The van der Waals surface area contributed by atoms with Crippen molar-refractivity contribution in [3.63, 3.8) is 0 Å². The average Bonchev–Trinajstić information content (AvgIpc) is 3.35. The second kappa shape index (κ2) is 9.59. The highest BCUT2D eigenvalue weighted by atomic mass is 16.1. The van der Waals surface area contributed by atoms with Crippen LogP contribution in [0.3, 0.4) is 0 Å². The Bertz CT molecular complexity index is 632. The molecule has 1 aromatic rings. The van der Waals surface area contributed by atoms with E-state index in [9.17, 15) is 4.79 Å². The van der Waals surface area contributed by atoms with Crippen molar-refractivity contribution in [1.29, 1.82) is 0 Å². The van der Waals surface area contributed by atoms with Crippen LogP contribution in [-0.2, 0) is 18.3 Å². The van der Waals surface area contributed by atoms with Crippen LogP contribution in [0.5, 0.6) is 0 Å². The molecule has 1 heterocycles. The van der Waals surface area contributed by atoms with Crippen molar-refractivity contribution in [3.8, 4) is 0 Å². The summed E-state index contributed by atoms with van der Waals surface area (Å²) in [7, 11) is 1.98. The highest BCUT2D eigenvalue weighted by Gasteiger charge is 2.22. The van der Waals surface area contributed by atoms with Gasteiger partial charge in [0.25, 0.3) is 0 Å². The van der Waals surface area contributed by atoms with Crippen LogP contribution in [0.4, 0.5) is 0 Å². The summed E-state index contributed by atoms with van der Waals surface area (Å²) in [6, 6.07) is 0.679. The summed E-state index contributed by atoms with van der Waals surface area (Å²) in [5.41, 5.74) is 3.59. The van der Waals surface area contributed by atoms with Gasteiger partial charge in [0.1, 0.15) is 0 Å². The van der Waals surface area contributed by atoms with E-state index in [0.717, 1.165) is 43.9 Å². The number of nitrogens with zero attached hydrogens (tertiary/aromatic N) is 3. The van der Waals surface area contributed by atoms with Crippen molar-refractivity contribution in [1.82, 2.24) is 25.7 Å². The van der Waals surface area contributed by atoms with E-state index in [1.54, 1.807) is 0 Å². The molecule has 1 amide bonds. The molecule has 2 rings (SSSR count). The lowest BCUT2D eigenvalue weighted by Gasteiger charge is -2.18. The maximum absolute atomic E-state index is 11.7. The molecule has 1 unspecified atom stereocenters. The van der Waals surface area contributed by atoms with Crippen LogP contribution in [0.1, 0.15) is 56.5 Å². The Labute approximate surface area is 157 Å². The van der Waals surface area contributed by atoms with Crippen molar-refractivity contribution in [3.05, 3.63) is 17.0 Å². The minimum atomic E-state index is 0.150. The van der Waals surface area contributed by atoms with Crippen LogP contribution in [0.15, 0.2) is 4.99 Å². The molecule has 1 atom stereocenters. The molecule has 0 spiro atoms. The molecule has 1 saturated carbocycles. The second-order valence-electron chi connectivity index (χ2n) is 7.23. The lowest BCUT2D eigenvalue weighted by Crippen LogP contribution is -2.43. The highest BCUT2D eigenvalue weighted by Crippen LogP contribution is 2.18. The van der Waals surface area contributed by atoms with Gasteiger partial charge in [0.15, 0.2) is 5.96 Å². The van der Waals surface area contributed by atoms with Crippen LogP contribution < -0.4 is 16.0 Å². The van der Waals surface area contributed by atoms with Crippen LogP contribution in [0.2, 0.25) is 0 Å². The van der Waals surface area contributed by atoms with Gasteiger partial charge in [-0.05, 0) is 58.9 Å². The van der Waals surface area contributed by atoms with Gasteiger partial charge in [-0.2, -0.15) is 5.10 Å². The number of aliphatic imine (C=N–C) groups is 1. The van der Waals surface area contributed by atoms with Crippen molar-refractivity contribution < 1.29 is 4.79 Å². The highest BCUT2D eigenvalue weighted by molar-refractivity contribution is 5.80. The van der Waals surface area contributed by atoms with Gasteiger partial charge in [0, 0.05) is 44.3 Å². The normalized spacial score (nSPS) is 15.7. The smallest absolute Gasteiger partial charge is 0.220 e. The van der Waals surface area contributed by atoms with E-state index in [1.165, 1.54) is 11.3 Å². The van der Waals surface area contributed by atoms with Crippen LogP contribution in [0, 0.1) is 13.8 Å². The zero-order chi connectivity index (χ0) is 19.1. The molecule has 3 N–H and O–H groups in total. The van der Waals surface area contributed by atoms with Gasteiger partial charge < -0.3 is 16.0 Å². The van der Waals surface area contributed by atoms with Gasteiger partial charge >= 0.3 is 0 Å². The maximum atomic E-state index is 11.7. The average molecular weight is 363 g/mol. The Morgan fingerprint density at radius 2 is 2.12 bits per heavy atom. The number of amides is 1. The number of aromatic nitrogens is 2. The fraction of sp³-hybridized carbons (Fsp3) is 0.737. The molecule has 7 nitrogen and oxygen atoms in total. The van der Waals surface area contributed by atoms with Crippen LogP contribution in [-0.4, -0.2) is 46.8 Å². The lowest BCUT2D eigenvalue weighted by molar-refractivity contribution is -0.121. The fourth-order valence-electron chi connectivity index (χ4n) is 2.98. The summed E-state index contributed by atoms with van der Waals surface area (Å²) in [6.45, 7) is 9.83. The van der Waals surface area contributed by atoms with E-state index in [2.05, 4.69) is 53.7 Å². The minimum absolute atomic E-state index is 0.150. The molecule has 0 aliphatic heterocycles. The molecule has 1 aliphatic carbocycles. The number of hydrogen-bond acceptors (Lipinski definition) is 3. The molecule has 26 heavy (non-hydrogen) atoms. The van der Waals surface area contributed by atoms with E-state index >= 15 is 0 Å². The van der Waals surface area contributed by atoms with E-state index in [-0.39, 0.29) is 11.9 Å². The number of aryl methyl sites for hydroxylation is 2. The third kappa shape index (κ3) is 6.35. The van der Waals surface area contributed by atoms with Gasteiger partial charge in [-0.15, -0.1) is 0 Å². The van der Waals surface area contributed by atoms with Crippen molar-refractivity contribution in [2.45, 2.75) is 71.9 Å². The summed E-state index contributed by atoms with van der Waals surface area (Å²) < 4.78 is 1.93. The van der Waals surface area contributed by atoms with E-state index in [1.807, 2.05) is 11.7 Å². The molecule has 0 saturated heterocycles. The third-order valence-corrected chi connectivity index (χ3v) is 4.67. The molecule has 0 aromatic carbocycles. The second-order valence-corrected chi connectivity index (χ2v) is 7.23. The van der Waals surface area contributed by atoms with Gasteiger partial charge in [-0.3, -0.25) is 14.5 Å². The molecule has 1 aromatic heterocycles. The lowest BCUT2D eigenvalue weighted by atomic mass is 10.1. The summed E-state index contributed by atoms with van der Waals surface area (Å²) in [6.07, 6.45) is 4.48. The first kappa shape index (κ1) is 20.3. The van der Waals surface area contributed by atoms with E-state index in [4.69, 9.17) is 0 Å². The van der Waals surface area contributed by atoms with Gasteiger partial charge in [0.2, 0.25) is 5.91 Å². The number of carbonyl (C=O) groups excluding carboxylic acids is 1. The van der Waals surface area contributed by atoms with Crippen LogP contribution >= 0.6 is 0 Å². The van der Waals surface area contributed by atoms with Gasteiger partial charge in [0.05, 0.1) is 5.69 Å². The zero-order valence-corrected chi connectivity index (χ0v) is 16.9. The quantitative estimate of drug-likeness (QED) is 0.354. The maximum Gasteiger partial charge on any atom is 0.220 e. The van der Waals surface area contributed by atoms with Gasteiger partial charge in [-0.25, -0.2) is 0 Å². The Balaban J connectivity index is 1.80. The fourth-order valence-corrected chi connectivity index (χ4v) is 2.98. The topological polar surface area (TPSA) is 83.3 Å². The predicted octanol–water partition coefficient (Wildman–Crippen LogP) is 1.58. The molecule has 1 fully saturated rings. The zero-order valence-electron chi connectivity index (χ0n) is 16.9. The predicted molar refractivity (Wildman–Crippen MR) is 105 cm³/mol. The number of carbonyl (C=O) groups is 1. The summed E-state index contributed by atoms with van der Waals surface area (Å²) in [4.78, 5) is 16.3. The summed E-state index contributed by atoms with van der Waals surface area (Å²) in [5.74, 6) is 0.957. The van der Waals surface area contributed by atoms with Crippen molar-refractivity contribution in [2.75, 3.05) is 13.1 Å². The van der Waals surface area contributed by atoms with Gasteiger partial charge in [-0.1, -0.05) is 0 Å². The minimum Gasteiger partial charge on any atom is -0.357 e. The standard InChI is InChI=1S/C19H34N6O/c1-6-20-19(21-11-7-8-18(26)23-16-9-10-16)22-13(2)12-17-14(3)24-25(5)15(17)4/h13,16H,6-12H2,1-5H3,(H,23,26)(H2,20,21,22). The first-order chi connectivity index (χ1) is 12.4. The Morgan fingerprint density at radius 3 is 2.69 bits per heavy atom. The molecule has 7 heteroatoms. The number of nitrogens with one attached hydrogen (secondary N) is 3.